The lowest BCUT2D eigenvalue weighted by Gasteiger charge is -2.16. The number of carbonyl (C=O) groups excluding carboxylic acids is 2. The van der Waals surface area contributed by atoms with E-state index in [2.05, 4.69) is 14.7 Å². The number of esters is 1. The van der Waals surface area contributed by atoms with Crippen molar-refractivity contribution in [1.29, 1.82) is 0 Å². The highest BCUT2D eigenvalue weighted by atomic mass is 16.5. The van der Waals surface area contributed by atoms with Gasteiger partial charge in [-0.05, 0) is 12.5 Å². The first-order chi connectivity index (χ1) is 8.67. The van der Waals surface area contributed by atoms with Crippen molar-refractivity contribution in [2.75, 3.05) is 25.1 Å². The van der Waals surface area contributed by atoms with Crippen molar-refractivity contribution >= 4 is 17.7 Å². The molecule has 7 nitrogen and oxygen atoms in total. The molecule has 2 heterocycles. The summed E-state index contributed by atoms with van der Waals surface area (Å²) >= 11 is 0. The molecule has 2 N–H and O–H groups in total. The fourth-order valence-corrected chi connectivity index (χ4v) is 1.91. The molecule has 0 saturated carbocycles. The van der Waals surface area contributed by atoms with Crippen molar-refractivity contribution in [3.8, 4) is 0 Å². The van der Waals surface area contributed by atoms with E-state index in [1.807, 2.05) is 0 Å². The Morgan fingerprint density at radius 1 is 1.56 bits per heavy atom. The quantitative estimate of drug-likeness (QED) is 0.731. The third-order valence-electron chi connectivity index (χ3n) is 2.85. The fraction of sp³-hybridized carbons (Fsp3) is 0.455. The predicted molar refractivity (Wildman–Crippen MR) is 62.9 cm³/mol. The van der Waals surface area contributed by atoms with Crippen molar-refractivity contribution < 1.29 is 14.3 Å². The minimum atomic E-state index is -0.609. The van der Waals surface area contributed by atoms with Crippen LogP contribution in [0.15, 0.2) is 12.4 Å². The third-order valence-corrected chi connectivity index (χ3v) is 2.85. The second-order valence-electron chi connectivity index (χ2n) is 4.03. The molecule has 1 aromatic rings. The van der Waals surface area contributed by atoms with Crippen LogP contribution in [-0.2, 0) is 9.53 Å². The minimum absolute atomic E-state index is 0.0472. The standard InChI is InChI=1S/C11H14N4O3/c1-18-11(17)9-10(14-3-2-13-9)15-6-7(5-12)4-8(15)16/h2-3,7H,4-6,12H2,1H3. The zero-order valence-corrected chi connectivity index (χ0v) is 10.00. The molecular formula is C11H14N4O3. The molecule has 1 aromatic heterocycles. The number of aromatic nitrogens is 2. The van der Waals surface area contributed by atoms with Crippen molar-refractivity contribution in [2.24, 2.45) is 11.7 Å². The number of nitrogens with zero attached hydrogens (tertiary/aromatic N) is 3. The summed E-state index contributed by atoms with van der Waals surface area (Å²) in [7, 11) is 1.26. The van der Waals surface area contributed by atoms with Crippen LogP contribution in [0.25, 0.3) is 0 Å². The van der Waals surface area contributed by atoms with Gasteiger partial charge in [0.2, 0.25) is 5.91 Å². The molecule has 7 heteroatoms. The van der Waals surface area contributed by atoms with Gasteiger partial charge in [0.1, 0.15) is 0 Å². The van der Waals surface area contributed by atoms with E-state index in [-0.39, 0.29) is 23.3 Å². The molecule has 1 saturated heterocycles. The summed E-state index contributed by atoms with van der Waals surface area (Å²) in [5.41, 5.74) is 5.60. The summed E-state index contributed by atoms with van der Waals surface area (Å²) in [5, 5.41) is 0. The molecule has 1 fully saturated rings. The number of hydrogen-bond acceptors (Lipinski definition) is 6. The zero-order chi connectivity index (χ0) is 13.1. The van der Waals surface area contributed by atoms with Gasteiger partial charge in [0.15, 0.2) is 11.5 Å². The number of rotatable bonds is 3. The molecule has 1 atom stereocenters. The van der Waals surface area contributed by atoms with Gasteiger partial charge in [-0.25, -0.2) is 14.8 Å². The molecule has 1 unspecified atom stereocenters. The van der Waals surface area contributed by atoms with Crippen LogP contribution in [0, 0.1) is 5.92 Å². The number of ether oxygens (including phenoxy) is 1. The second-order valence-corrected chi connectivity index (χ2v) is 4.03. The number of amides is 1. The molecule has 0 spiro atoms. The van der Waals surface area contributed by atoms with E-state index in [9.17, 15) is 9.59 Å². The van der Waals surface area contributed by atoms with E-state index < -0.39 is 5.97 Å². The number of carbonyl (C=O) groups is 2. The van der Waals surface area contributed by atoms with Gasteiger partial charge in [0.25, 0.3) is 0 Å². The first-order valence-corrected chi connectivity index (χ1v) is 5.57. The molecule has 0 aromatic carbocycles. The molecule has 1 aliphatic heterocycles. The molecule has 18 heavy (non-hydrogen) atoms. The van der Waals surface area contributed by atoms with E-state index >= 15 is 0 Å². The van der Waals surface area contributed by atoms with Gasteiger partial charge in [-0.2, -0.15) is 0 Å². The average Bonchev–Trinajstić information content (AvgIpc) is 2.79. The van der Waals surface area contributed by atoms with E-state index in [0.717, 1.165) is 0 Å². The van der Waals surface area contributed by atoms with Crippen LogP contribution in [0.2, 0.25) is 0 Å². The summed E-state index contributed by atoms with van der Waals surface area (Å²) in [5.74, 6) is -0.381. The Labute approximate surface area is 104 Å². The van der Waals surface area contributed by atoms with Crippen molar-refractivity contribution in [2.45, 2.75) is 6.42 Å². The number of hydrogen-bond donors (Lipinski definition) is 1. The second kappa shape index (κ2) is 5.09. The van der Waals surface area contributed by atoms with Crippen molar-refractivity contribution in [3.63, 3.8) is 0 Å². The van der Waals surface area contributed by atoms with E-state index in [1.165, 1.54) is 24.4 Å². The smallest absolute Gasteiger partial charge is 0.360 e. The largest absolute Gasteiger partial charge is 0.464 e. The summed E-state index contributed by atoms with van der Waals surface area (Å²) in [4.78, 5) is 32.8. The summed E-state index contributed by atoms with van der Waals surface area (Å²) in [6.45, 7) is 0.883. The number of methoxy groups -OCH3 is 1. The lowest BCUT2D eigenvalue weighted by Crippen LogP contribution is -2.29. The highest BCUT2D eigenvalue weighted by Crippen LogP contribution is 2.24. The molecule has 0 bridgehead atoms. The van der Waals surface area contributed by atoms with Crippen LogP contribution in [0.3, 0.4) is 0 Å². The minimum Gasteiger partial charge on any atom is -0.464 e. The zero-order valence-electron chi connectivity index (χ0n) is 10.00. The molecule has 1 aliphatic rings. The van der Waals surface area contributed by atoms with Crippen LogP contribution in [-0.4, -0.2) is 42.0 Å². The summed E-state index contributed by atoms with van der Waals surface area (Å²) in [6, 6.07) is 0. The maximum atomic E-state index is 11.9. The van der Waals surface area contributed by atoms with E-state index in [0.29, 0.717) is 19.5 Å². The molecule has 96 valence electrons. The third kappa shape index (κ3) is 2.17. The van der Waals surface area contributed by atoms with Crippen LogP contribution < -0.4 is 10.6 Å². The Bertz CT molecular complexity index is 477. The van der Waals surface area contributed by atoms with E-state index in [1.54, 1.807) is 0 Å². The molecule has 0 aliphatic carbocycles. The maximum absolute atomic E-state index is 11.9. The lowest BCUT2D eigenvalue weighted by molar-refractivity contribution is -0.117. The number of anilines is 1. The van der Waals surface area contributed by atoms with Crippen LogP contribution >= 0.6 is 0 Å². The summed E-state index contributed by atoms with van der Waals surface area (Å²) < 4.78 is 4.62. The summed E-state index contributed by atoms with van der Waals surface area (Å²) in [6.07, 6.45) is 3.19. The van der Waals surface area contributed by atoms with Gasteiger partial charge < -0.3 is 10.5 Å². The SMILES string of the molecule is COC(=O)c1nccnc1N1CC(CN)CC1=O. The Morgan fingerprint density at radius 3 is 2.89 bits per heavy atom. The van der Waals surface area contributed by atoms with Crippen molar-refractivity contribution in [1.82, 2.24) is 9.97 Å². The van der Waals surface area contributed by atoms with Gasteiger partial charge in [-0.3, -0.25) is 9.69 Å². The maximum Gasteiger partial charge on any atom is 0.360 e. The Kier molecular flexibility index (Phi) is 3.52. The Balaban J connectivity index is 2.34. The monoisotopic (exact) mass is 250 g/mol. The highest BCUT2D eigenvalue weighted by molar-refractivity contribution is 6.01. The molecule has 2 rings (SSSR count). The van der Waals surface area contributed by atoms with Gasteiger partial charge in [-0.1, -0.05) is 0 Å². The van der Waals surface area contributed by atoms with Gasteiger partial charge in [0.05, 0.1) is 7.11 Å². The first-order valence-electron chi connectivity index (χ1n) is 5.57. The molecule has 1 amide bonds. The topological polar surface area (TPSA) is 98.4 Å². The van der Waals surface area contributed by atoms with Crippen molar-refractivity contribution in [3.05, 3.63) is 18.1 Å². The average molecular weight is 250 g/mol. The van der Waals surface area contributed by atoms with Gasteiger partial charge in [0, 0.05) is 25.4 Å². The predicted octanol–water partition coefficient (Wildman–Crippen LogP) is -0.425. The molecule has 0 radical (unpaired) electrons. The molecular weight excluding hydrogens is 236 g/mol. The highest BCUT2D eigenvalue weighted by Gasteiger charge is 2.33. The fourth-order valence-electron chi connectivity index (χ4n) is 1.91. The Hall–Kier alpha value is -2.02. The van der Waals surface area contributed by atoms with Crippen LogP contribution in [0.5, 0.6) is 0 Å². The van der Waals surface area contributed by atoms with E-state index in [4.69, 9.17) is 5.73 Å². The normalized spacial score (nSPS) is 19.1. The van der Waals surface area contributed by atoms with Crippen LogP contribution in [0.4, 0.5) is 5.82 Å². The number of nitrogens with two attached hydrogens (primary N) is 1. The van der Waals surface area contributed by atoms with Gasteiger partial charge >= 0.3 is 5.97 Å². The van der Waals surface area contributed by atoms with Crippen LogP contribution in [0.1, 0.15) is 16.9 Å². The lowest BCUT2D eigenvalue weighted by atomic mass is 10.1. The first kappa shape index (κ1) is 12.4. The Morgan fingerprint density at radius 2 is 2.28 bits per heavy atom. The van der Waals surface area contributed by atoms with Gasteiger partial charge in [-0.15, -0.1) is 0 Å².